The van der Waals surface area contributed by atoms with Gasteiger partial charge in [0.1, 0.15) is 12.4 Å². The van der Waals surface area contributed by atoms with Crippen LogP contribution < -0.4 is 10.2 Å². The smallest absolute Gasteiger partial charge is 0.204 e. The molecule has 6 heteroatoms. The van der Waals surface area contributed by atoms with Gasteiger partial charge in [0.15, 0.2) is 0 Å². The fourth-order valence-corrected chi connectivity index (χ4v) is 4.42. The third kappa shape index (κ3) is 4.91. The van der Waals surface area contributed by atoms with E-state index in [9.17, 15) is 0 Å². The Morgan fingerprint density at radius 1 is 1.03 bits per heavy atom. The molecule has 0 aliphatic rings. The van der Waals surface area contributed by atoms with Crippen LogP contribution in [0.1, 0.15) is 21.6 Å². The molecule has 0 bridgehead atoms. The summed E-state index contributed by atoms with van der Waals surface area (Å²) in [7, 11) is 0. The Labute approximate surface area is 178 Å². The molecule has 0 spiro atoms. The van der Waals surface area contributed by atoms with Crippen molar-refractivity contribution < 1.29 is 4.74 Å². The fraction of sp³-hybridized carbons (Fsp3) is 0.130. The first kappa shape index (κ1) is 19.4. The van der Waals surface area contributed by atoms with Crippen LogP contribution in [0.2, 0.25) is 0 Å². The quantitative estimate of drug-likeness (QED) is 0.274. The molecule has 4 nitrogen and oxygen atoms in total. The molecule has 4 rings (SSSR count). The van der Waals surface area contributed by atoms with Crippen molar-refractivity contribution in [2.45, 2.75) is 20.5 Å². The molecule has 2 heterocycles. The molecule has 0 unspecified atom stereocenters. The van der Waals surface area contributed by atoms with Crippen LogP contribution in [0.15, 0.2) is 71.1 Å². The van der Waals surface area contributed by atoms with Gasteiger partial charge in [-0.2, -0.15) is 5.10 Å². The molecule has 0 amide bonds. The van der Waals surface area contributed by atoms with Crippen molar-refractivity contribution in [3.05, 3.63) is 87.6 Å². The molecule has 1 N–H and O–H groups in total. The number of hydrogen-bond acceptors (Lipinski definition) is 6. The summed E-state index contributed by atoms with van der Waals surface area (Å²) in [4.78, 5) is 7.01. The lowest BCUT2D eigenvalue weighted by Gasteiger charge is -2.09. The first-order valence-electron chi connectivity index (χ1n) is 9.27. The van der Waals surface area contributed by atoms with Crippen LogP contribution >= 0.6 is 22.7 Å². The number of nitrogens with zero attached hydrogens (tertiary/aromatic N) is 2. The number of aryl methyl sites for hydroxylation is 2. The van der Waals surface area contributed by atoms with E-state index in [0.29, 0.717) is 6.61 Å². The van der Waals surface area contributed by atoms with E-state index in [1.807, 2.05) is 30.3 Å². The Hall–Kier alpha value is -2.96. The number of thiophene rings is 1. The lowest BCUT2D eigenvalue weighted by Crippen LogP contribution is -1.99. The third-order valence-corrected chi connectivity index (χ3v) is 6.10. The van der Waals surface area contributed by atoms with E-state index in [4.69, 9.17) is 4.74 Å². The molecule has 0 saturated heterocycles. The number of hydrazone groups is 1. The highest BCUT2D eigenvalue weighted by molar-refractivity contribution is 7.17. The van der Waals surface area contributed by atoms with Gasteiger partial charge in [-0.1, -0.05) is 48.0 Å². The Balaban J connectivity index is 1.42. The summed E-state index contributed by atoms with van der Waals surface area (Å²) in [6.07, 6.45) is 1.77. The van der Waals surface area contributed by atoms with E-state index >= 15 is 0 Å². The number of rotatable bonds is 7. The monoisotopic (exact) mass is 419 g/mol. The second-order valence-electron chi connectivity index (χ2n) is 6.58. The van der Waals surface area contributed by atoms with E-state index in [1.54, 1.807) is 28.9 Å². The number of thiazole rings is 1. The second-order valence-corrected chi connectivity index (χ2v) is 8.73. The molecule has 0 aliphatic carbocycles. The van der Waals surface area contributed by atoms with Crippen LogP contribution in [0.4, 0.5) is 5.13 Å². The molecular weight excluding hydrogens is 398 g/mol. The third-order valence-electron chi connectivity index (χ3n) is 4.35. The Kier molecular flexibility index (Phi) is 6.03. The highest BCUT2D eigenvalue weighted by atomic mass is 32.1. The van der Waals surface area contributed by atoms with Crippen LogP contribution in [-0.2, 0) is 6.61 Å². The second kappa shape index (κ2) is 9.03. The van der Waals surface area contributed by atoms with Crippen LogP contribution in [-0.4, -0.2) is 11.2 Å². The molecule has 0 atom stereocenters. The minimum absolute atomic E-state index is 0.522. The summed E-state index contributed by atoms with van der Waals surface area (Å²) >= 11 is 3.29. The Bertz CT molecular complexity index is 1100. The molecule has 2 aromatic heterocycles. The molecule has 0 radical (unpaired) electrons. The van der Waals surface area contributed by atoms with Crippen LogP contribution in [0.3, 0.4) is 0 Å². The van der Waals surface area contributed by atoms with Crippen LogP contribution in [0, 0.1) is 13.8 Å². The topological polar surface area (TPSA) is 46.5 Å². The standard InChI is InChI=1S/C23H21N3OS2/c1-16-9-11-18(12-10-16)15-27-20-7-4-3-6-19(20)14-24-26-23-25-22(17(2)29-23)21-8-5-13-28-21/h3-14H,15H2,1-2H3,(H,25,26)/b24-14-. The van der Waals surface area contributed by atoms with E-state index in [2.05, 4.69) is 65.1 Å². The first-order chi connectivity index (χ1) is 14.2. The summed E-state index contributed by atoms with van der Waals surface area (Å²) in [6.45, 7) is 4.68. The molecule has 0 aliphatic heterocycles. The van der Waals surface area contributed by atoms with Gasteiger partial charge in [0.05, 0.1) is 16.8 Å². The van der Waals surface area contributed by atoms with Gasteiger partial charge in [-0.05, 0) is 43.0 Å². The van der Waals surface area contributed by atoms with Crippen molar-refractivity contribution in [1.29, 1.82) is 0 Å². The maximum atomic E-state index is 6.01. The number of ether oxygens (including phenoxy) is 1. The number of benzene rings is 2. The summed E-state index contributed by atoms with van der Waals surface area (Å²) in [5.41, 5.74) is 7.36. The number of para-hydroxylation sites is 1. The average molecular weight is 420 g/mol. The SMILES string of the molecule is Cc1ccc(COc2ccccc2/C=N\Nc2nc(-c3cccs3)c(C)s2)cc1. The van der Waals surface area contributed by atoms with Crippen molar-refractivity contribution in [2.24, 2.45) is 5.10 Å². The van der Waals surface area contributed by atoms with Crippen molar-refractivity contribution >= 4 is 34.0 Å². The Morgan fingerprint density at radius 2 is 1.86 bits per heavy atom. The molecule has 0 fully saturated rings. The van der Waals surface area contributed by atoms with E-state index in [-0.39, 0.29) is 0 Å². The summed E-state index contributed by atoms with van der Waals surface area (Å²) in [5.74, 6) is 0.799. The largest absolute Gasteiger partial charge is 0.488 e. The van der Waals surface area contributed by atoms with Gasteiger partial charge < -0.3 is 4.74 Å². The van der Waals surface area contributed by atoms with Crippen LogP contribution in [0.5, 0.6) is 5.75 Å². The highest BCUT2D eigenvalue weighted by Gasteiger charge is 2.10. The maximum Gasteiger partial charge on any atom is 0.204 e. The van der Waals surface area contributed by atoms with E-state index < -0.39 is 0 Å². The van der Waals surface area contributed by atoms with Crippen molar-refractivity contribution in [3.8, 4) is 16.3 Å². The van der Waals surface area contributed by atoms with Crippen molar-refractivity contribution in [1.82, 2.24) is 4.98 Å². The molecule has 2 aromatic carbocycles. The zero-order valence-electron chi connectivity index (χ0n) is 16.3. The predicted octanol–water partition coefficient (Wildman–Crippen LogP) is 6.51. The van der Waals surface area contributed by atoms with E-state index in [1.165, 1.54) is 15.3 Å². The summed E-state index contributed by atoms with van der Waals surface area (Å²) in [6, 6.07) is 20.4. The minimum atomic E-state index is 0.522. The van der Waals surface area contributed by atoms with Crippen molar-refractivity contribution in [2.75, 3.05) is 5.43 Å². The minimum Gasteiger partial charge on any atom is -0.488 e. The number of hydrogen-bond donors (Lipinski definition) is 1. The lowest BCUT2D eigenvalue weighted by atomic mass is 10.1. The number of aromatic nitrogens is 1. The first-order valence-corrected chi connectivity index (χ1v) is 11.0. The lowest BCUT2D eigenvalue weighted by molar-refractivity contribution is 0.306. The molecular formula is C23H21N3OS2. The van der Waals surface area contributed by atoms with Gasteiger partial charge in [0.25, 0.3) is 0 Å². The predicted molar refractivity (Wildman–Crippen MR) is 123 cm³/mol. The molecule has 146 valence electrons. The van der Waals surface area contributed by atoms with Crippen molar-refractivity contribution in [3.63, 3.8) is 0 Å². The summed E-state index contributed by atoms with van der Waals surface area (Å²) in [5, 5.41) is 7.21. The molecule has 4 aromatic rings. The maximum absolute atomic E-state index is 6.01. The zero-order valence-corrected chi connectivity index (χ0v) is 17.9. The molecule has 0 saturated carbocycles. The highest BCUT2D eigenvalue weighted by Crippen LogP contribution is 2.32. The van der Waals surface area contributed by atoms with Gasteiger partial charge in [-0.3, -0.25) is 5.43 Å². The Morgan fingerprint density at radius 3 is 2.66 bits per heavy atom. The normalized spacial score (nSPS) is 11.1. The van der Waals surface area contributed by atoms with Gasteiger partial charge in [-0.15, -0.1) is 22.7 Å². The van der Waals surface area contributed by atoms with Gasteiger partial charge in [0, 0.05) is 10.4 Å². The fourth-order valence-electron chi connectivity index (χ4n) is 2.81. The van der Waals surface area contributed by atoms with Gasteiger partial charge in [0.2, 0.25) is 5.13 Å². The number of nitrogens with one attached hydrogen (secondary N) is 1. The van der Waals surface area contributed by atoms with E-state index in [0.717, 1.165) is 27.7 Å². The van der Waals surface area contributed by atoms with Gasteiger partial charge in [-0.25, -0.2) is 4.98 Å². The zero-order chi connectivity index (χ0) is 20.1. The summed E-state index contributed by atoms with van der Waals surface area (Å²) < 4.78 is 6.01. The van der Waals surface area contributed by atoms with Gasteiger partial charge >= 0.3 is 0 Å². The molecule has 29 heavy (non-hydrogen) atoms. The average Bonchev–Trinajstić information content (AvgIpc) is 3.38. The van der Waals surface area contributed by atoms with Crippen LogP contribution in [0.25, 0.3) is 10.6 Å². The number of anilines is 1.